The van der Waals surface area contributed by atoms with E-state index < -0.39 is 0 Å². The minimum atomic E-state index is -0.375. The van der Waals surface area contributed by atoms with Gasteiger partial charge in [0.15, 0.2) is 0 Å². The van der Waals surface area contributed by atoms with Crippen LogP contribution in [0, 0.1) is 12.7 Å². The van der Waals surface area contributed by atoms with Gasteiger partial charge in [-0.05, 0) is 25.5 Å². The van der Waals surface area contributed by atoms with Gasteiger partial charge in [0, 0.05) is 6.07 Å². The lowest BCUT2D eigenvalue weighted by atomic mass is 10.2. The van der Waals surface area contributed by atoms with Crippen molar-refractivity contribution in [1.82, 2.24) is 0 Å². The number of halogens is 2. The summed E-state index contributed by atoms with van der Waals surface area (Å²) in [6.07, 6.45) is 0. The Labute approximate surface area is 76.1 Å². The molecule has 0 saturated carbocycles. The molecule has 0 aliphatic heterocycles. The SMILES string of the molecule is CCOc1cc(C)c(F)c(Cl)c1. The molecule has 0 aliphatic carbocycles. The molecule has 3 heteroatoms. The normalized spacial score (nSPS) is 10.0. The molecule has 1 rings (SSSR count). The second-order valence-electron chi connectivity index (χ2n) is 2.47. The van der Waals surface area contributed by atoms with E-state index in [-0.39, 0.29) is 10.8 Å². The Kier molecular flexibility index (Phi) is 2.93. The maximum Gasteiger partial charge on any atom is 0.144 e. The molecule has 1 nitrogen and oxygen atoms in total. The van der Waals surface area contributed by atoms with Crippen molar-refractivity contribution in [2.24, 2.45) is 0 Å². The predicted octanol–water partition coefficient (Wildman–Crippen LogP) is 3.19. The molecule has 0 saturated heterocycles. The molecular formula is C9H10ClFO. The highest BCUT2D eigenvalue weighted by atomic mass is 35.5. The molecule has 0 N–H and O–H groups in total. The van der Waals surface area contributed by atoms with Gasteiger partial charge >= 0.3 is 0 Å². The van der Waals surface area contributed by atoms with Gasteiger partial charge in [-0.25, -0.2) is 4.39 Å². The Balaban J connectivity index is 3.04. The second-order valence-corrected chi connectivity index (χ2v) is 2.88. The average Bonchev–Trinajstić information content (AvgIpc) is 2.01. The second kappa shape index (κ2) is 3.76. The van der Waals surface area contributed by atoms with Crippen LogP contribution in [-0.2, 0) is 0 Å². The zero-order chi connectivity index (χ0) is 9.14. The molecular weight excluding hydrogens is 179 g/mol. The third-order valence-corrected chi connectivity index (χ3v) is 1.77. The van der Waals surface area contributed by atoms with Gasteiger partial charge in [0.1, 0.15) is 11.6 Å². The van der Waals surface area contributed by atoms with Gasteiger partial charge < -0.3 is 4.74 Å². The van der Waals surface area contributed by atoms with Crippen LogP contribution >= 0.6 is 11.6 Å². The van der Waals surface area contributed by atoms with E-state index in [1.165, 1.54) is 6.07 Å². The number of aryl methyl sites for hydroxylation is 1. The molecule has 0 heterocycles. The summed E-state index contributed by atoms with van der Waals surface area (Å²) in [5.74, 6) is 0.238. The van der Waals surface area contributed by atoms with Crippen molar-refractivity contribution < 1.29 is 9.13 Å². The van der Waals surface area contributed by atoms with Crippen LogP contribution in [0.15, 0.2) is 12.1 Å². The van der Waals surface area contributed by atoms with Gasteiger partial charge in [0.2, 0.25) is 0 Å². The first-order chi connectivity index (χ1) is 5.65. The predicted molar refractivity (Wildman–Crippen MR) is 47.3 cm³/mol. The fourth-order valence-electron chi connectivity index (χ4n) is 0.945. The smallest absolute Gasteiger partial charge is 0.144 e. The quantitative estimate of drug-likeness (QED) is 0.693. The van der Waals surface area contributed by atoms with Gasteiger partial charge in [0.05, 0.1) is 11.6 Å². The molecule has 1 aromatic carbocycles. The van der Waals surface area contributed by atoms with Crippen molar-refractivity contribution in [3.63, 3.8) is 0 Å². The van der Waals surface area contributed by atoms with Crippen LogP contribution in [0.25, 0.3) is 0 Å². The number of rotatable bonds is 2. The highest BCUT2D eigenvalue weighted by molar-refractivity contribution is 6.30. The molecule has 0 fully saturated rings. The maximum atomic E-state index is 13.0. The number of hydrogen-bond donors (Lipinski definition) is 0. The molecule has 0 amide bonds. The summed E-state index contributed by atoms with van der Waals surface area (Å²) >= 11 is 5.60. The number of benzene rings is 1. The standard InChI is InChI=1S/C9H10ClFO/c1-3-12-7-4-6(2)9(11)8(10)5-7/h4-5H,3H2,1-2H3. The van der Waals surface area contributed by atoms with Crippen molar-refractivity contribution in [3.8, 4) is 5.75 Å². The topological polar surface area (TPSA) is 9.23 Å². The van der Waals surface area contributed by atoms with Crippen LogP contribution in [0.4, 0.5) is 4.39 Å². The van der Waals surface area contributed by atoms with Crippen molar-refractivity contribution in [3.05, 3.63) is 28.5 Å². The van der Waals surface area contributed by atoms with Crippen LogP contribution in [0.5, 0.6) is 5.75 Å². The Morgan fingerprint density at radius 1 is 1.50 bits per heavy atom. The van der Waals surface area contributed by atoms with Crippen LogP contribution in [0.2, 0.25) is 5.02 Å². The molecule has 0 aromatic heterocycles. The highest BCUT2D eigenvalue weighted by Gasteiger charge is 2.05. The van der Waals surface area contributed by atoms with Crippen LogP contribution in [0.3, 0.4) is 0 Å². The Bertz CT molecular complexity index is 263. The summed E-state index contributed by atoms with van der Waals surface area (Å²) in [5.41, 5.74) is 0.506. The van der Waals surface area contributed by atoms with Crippen molar-refractivity contribution >= 4 is 11.6 Å². The fourth-order valence-corrected chi connectivity index (χ4v) is 1.20. The monoisotopic (exact) mass is 188 g/mol. The average molecular weight is 189 g/mol. The highest BCUT2D eigenvalue weighted by Crippen LogP contribution is 2.24. The Morgan fingerprint density at radius 2 is 2.17 bits per heavy atom. The lowest BCUT2D eigenvalue weighted by Gasteiger charge is -2.05. The molecule has 0 atom stereocenters. The summed E-state index contributed by atoms with van der Waals surface area (Å²) in [4.78, 5) is 0. The third kappa shape index (κ3) is 1.89. The van der Waals surface area contributed by atoms with E-state index in [2.05, 4.69) is 0 Å². The number of hydrogen-bond acceptors (Lipinski definition) is 1. The molecule has 0 aliphatic rings. The van der Waals surface area contributed by atoms with Crippen molar-refractivity contribution in [2.75, 3.05) is 6.61 Å². The molecule has 12 heavy (non-hydrogen) atoms. The van der Waals surface area contributed by atoms with E-state index in [4.69, 9.17) is 16.3 Å². The van der Waals surface area contributed by atoms with Gasteiger partial charge in [-0.2, -0.15) is 0 Å². The van der Waals surface area contributed by atoms with Gasteiger partial charge in [-0.1, -0.05) is 11.6 Å². The largest absolute Gasteiger partial charge is 0.494 e. The minimum absolute atomic E-state index is 0.110. The van der Waals surface area contributed by atoms with Crippen LogP contribution in [0.1, 0.15) is 12.5 Å². The summed E-state index contributed by atoms with van der Waals surface area (Å²) in [5, 5.41) is 0.110. The van der Waals surface area contributed by atoms with Crippen LogP contribution < -0.4 is 4.74 Å². The molecule has 0 radical (unpaired) electrons. The van der Waals surface area contributed by atoms with E-state index in [0.717, 1.165) is 0 Å². The third-order valence-electron chi connectivity index (χ3n) is 1.49. The van der Waals surface area contributed by atoms with Crippen molar-refractivity contribution in [1.29, 1.82) is 0 Å². The Morgan fingerprint density at radius 3 is 2.67 bits per heavy atom. The fraction of sp³-hybridized carbons (Fsp3) is 0.333. The summed E-state index contributed by atoms with van der Waals surface area (Å²) in [7, 11) is 0. The first-order valence-electron chi connectivity index (χ1n) is 3.73. The number of ether oxygens (including phenoxy) is 1. The molecule has 0 spiro atoms. The van der Waals surface area contributed by atoms with Gasteiger partial charge in [0.25, 0.3) is 0 Å². The van der Waals surface area contributed by atoms with Gasteiger partial charge in [-0.3, -0.25) is 0 Å². The van der Waals surface area contributed by atoms with E-state index in [1.54, 1.807) is 13.0 Å². The molecule has 66 valence electrons. The lowest BCUT2D eigenvalue weighted by Crippen LogP contribution is -1.93. The molecule has 0 unspecified atom stereocenters. The first-order valence-corrected chi connectivity index (χ1v) is 4.11. The summed E-state index contributed by atoms with van der Waals surface area (Å²) in [6.45, 7) is 4.08. The van der Waals surface area contributed by atoms with Crippen LogP contribution in [-0.4, -0.2) is 6.61 Å². The summed E-state index contributed by atoms with van der Waals surface area (Å²) < 4.78 is 18.1. The Hall–Kier alpha value is -0.760. The summed E-state index contributed by atoms with van der Waals surface area (Å²) in [6, 6.07) is 3.11. The van der Waals surface area contributed by atoms with E-state index in [1.807, 2.05) is 6.92 Å². The first kappa shape index (κ1) is 9.33. The minimum Gasteiger partial charge on any atom is -0.494 e. The van der Waals surface area contributed by atoms with E-state index >= 15 is 0 Å². The zero-order valence-electron chi connectivity index (χ0n) is 7.03. The lowest BCUT2D eigenvalue weighted by molar-refractivity contribution is 0.339. The molecule has 0 bridgehead atoms. The van der Waals surface area contributed by atoms with E-state index in [9.17, 15) is 4.39 Å². The molecule has 1 aromatic rings. The zero-order valence-corrected chi connectivity index (χ0v) is 7.78. The maximum absolute atomic E-state index is 13.0. The van der Waals surface area contributed by atoms with E-state index in [0.29, 0.717) is 17.9 Å². The van der Waals surface area contributed by atoms with Gasteiger partial charge in [-0.15, -0.1) is 0 Å². The van der Waals surface area contributed by atoms with Crippen molar-refractivity contribution in [2.45, 2.75) is 13.8 Å².